The SMILES string of the molecule is COCC(NCCCN)c1ccccc1. The molecule has 0 fully saturated rings. The summed E-state index contributed by atoms with van der Waals surface area (Å²) >= 11 is 0. The molecule has 0 aliphatic rings. The third-order valence-electron chi connectivity index (χ3n) is 2.31. The molecule has 0 saturated carbocycles. The molecule has 0 amide bonds. The topological polar surface area (TPSA) is 47.3 Å². The standard InChI is InChI=1S/C12H20N2O/c1-15-10-12(14-9-5-8-13)11-6-3-2-4-7-11/h2-4,6-7,12,14H,5,8-10,13H2,1H3. The first-order valence-electron chi connectivity index (χ1n) is 5.36. The second-order valence-corrected chi connectivity index (χ2v) is 3.51. The van der Waals surface area contributed by atoms with E-state index in [2.05, 4.69) is 17.4 Å². The van der Waals surface area contributed by atoms with Crippen molar-refractivity contribution in [3.63, 3.8) is 0 Å². The number of methoxy groups -OCH3 is 1. The molecule has 84 valence electrons. The summed E-state index contributed by atoms with van der Waals surface area (Å²) in [5.74, 6) is 0. The molecule has 0 heterocycles. The van der Waals surface area contributed by atoms with Crippen LogP contribution in [-0.2, 0) is 4.74 Å². The summed E-state index contributed by atoms with van der Waals surface area (Å²) in [5.41, 5.74) is 6.72. The molecular formula is C12H20N2O. The van der Waals surface area contributed by atoms with Gasteiger partial charge in [0.2, 0.25) is 0 Å². The van der Waals surface area contributed by atoms with Gasteiger partial charge in [0.15, 0.2) is 0 Å². The fourth-order valence-corrected chi connectivity index (χ4v) is 1.50. The molecule has 0 aliphatic carbocycles. The zero-order valence-corrected chi connectivity index (χ0v) is 9.28. The van der Waals surface area contributed by atoms with Gasteiger partial charge in [0.05, 0.1) is 12.6 Å². The van der Waals surface area contributed by atoms with Crippen molar-refractivity contribution in [2.45, 2.75) is 12.5 Å². The van der Waals surface area contributed by atoms with Crippen LogP contribution in [0.2, 0.25) is 0 Å². The van der Waals surface area contributed by atoms with Crippen molar-refractivity contribution in [3.8, 4) is 0 Å². The Balaban J connectivity index is 2.50. The van der Waals surface area contributed by atoms with Gasteiger partial charge in [-0.2, -0.15) is 0 Å². The van der Waals surface area contributed by atoms with Crippen LogP contribution in [0.1, 0.15) is 18.0 Å². The van der Waals surface area contributed by atoms with Gasteiger partial charge in [-0.15, -0.1) is 0 Å². The lowest BCUT2D eigenvalue weighted by molar-refractivity contribution is 0.167. The van der Waals surface area contributed by atoms with Crippen LogP contribution in [0.3, 0.4) is 0 Å². The van der Waals surface area contributed by atoms with Crippen LogP contribution in [0.25, 0.3) is 0 Å². The minimum atomic E-state index is 0.266. The van der Waals surface area contributed by atoms with Gasteiger partial charge in [0.25, 0.3) is 0 Å². The van der Waals surface area contributed by atoms with E-state index in [1.165, 1.54) is 5.56 Å². The summed E-state index contributed by atoms with van der Waals surface area (Å²) in [6.07, 6.45) is 0.993. The average Bonchev–Trinajstić information content (AvgIpc) is 2.29. The normalized spacial score (nSPS) is 12.7. The second-order valence-electron chi connectivity index (χ2n) is 3.51. The molecular weight excluding hydrogens is 188 g/mol. The largest absolute Gasteiger partial charge is 0.383 e. The highest BCUT2D eigenvalue weighted by molar-refractivity contribution is 5.18. The zero-order valence-electron chi connectivity index (χ0n) is 9.28. The van der Waals surface area contributed by atoms with Crippen LogP contribution >= 0.6 is 0 Å². The molecule has 0 aliphatic heterocycles. The number of nitrogens with one attached hydrogen (secondary N) is 1. The summed E-state index contributed by atoms with van der Waals surface area (Å²) < 4.78 is 5.20. The Bertz CT molecular complexity index is 251. The van der Waals surface area contributed by atoms with Gasteiger partial charge in [-0.1, -0.05) is 30.3 Å². The van der Waals surface area contributed by atoms with Crippen LogP contribution in [0.15, 0.2) is 30.3 Å². The molecule has 3 N–H and O–H groups in total. The van der Waals surface area contributed by atoms with Crippen LogP contribution in [0.4, 0.5) is 0 Å². The van der Waals surface area contributed by atoms with Gasteiger partial charge < -0.3 is 15.8 Å². The highest BCUT2D eigenvalue weighted by Gasteiger charge is 2.08. The van der Waals surface area contributed by atoms with Gasteiger partial charge in [-0.3, -0.25) is 0 Å². The molecule has 3 nitrogen and oxygen atoms in total. The zero-order chi connectivity index (χ0) is 10.9. The van der Waals surface area contributed by atoms with E-state index in [9.17, 15) is 0 Å². The Morgan fingerprint density at radius 2 is 2.07 bits per heavy atom. The summed E-state index contributed by atoms with van der Waals surface area (Å²) in [5, 5.41) is 3.43. The molecule has 0 saturated heterocycles. The molecule has 15 heavy (non-hydrogen) atoms. The maximum absolute atomic E-state index is 5.46. The van der Waals surface area contributed by atoms with Crippen molar-refractivity contribution < 1.29 is 4.74 Å². The van der Waals surface area contributed by atoms with Crippen LogP contribution < -0.4 is 11.1 Å². The van der Waals surface area contributed by atoms with Gasteiger partial charge in [0.1, 0.15) is 0 Å². The van der Waals surface area contributed by atoms with E-state index in [4.69, 9.17) is 10.5 Å². The first-order valence-corrected chi connectivity index (χ1v) is 5.36. The molecule has 1 aromatic rings. The highest BCUT2D eigenvalue weighted by Crippen LogP contribution is 2.12. The average molecular weight is 208 g/mol. The lowest BCUT2D eigenvalue weighted by Crippen LogP contribution is -2.27. The van der Waals surface area contributed by atoms with Gasteiger partial charge in [-0.05, 0) is 25.1 Å². The summed E-state index contributed by atoms with van der Waals surface area (Å²) in [4.78, 5) is 0. The predicted molar refractivity (Wildman–Crippen MR) is 62.7 cm³/mol. The van der Waals surface area contributed by atoms with Crippen molar-refractivity contribution in [3.05, 3.63) is 35.9 Å². The summed E-state index contributed by atoms with van der Waals surface area (Å²) in [7, 11) is 1.72. The molecule has 0 radical (unpaired) electrons. The van der Waals surface area contributed by atoms with E-state index in [0.29, 0.717) is 6.61 Å². The Kier molecular flexibility index (Phi) is 6.00. The quantitative estimate of drug-likeness (QED) is 0.664. The number of rotatable bonds is 7. The third-order valence-corrected chi connectivity index (χ3v) is 2.31. The van der Waals surface area contributed by atoms with Crippen molar-refractivity contribution in [2.75, 3.05) is 26.8 Å². The Morgan fingerprint density at radius 3 is 2.67 bits per heavy atom. The van der Waals surface area contributed by atoms with Crippen molar-refractivity contribution >= 4 is 0 Å². The van der Waals surface area contributed by atoms with E-state index in [-0.39, 0.29) is 6.04 Å². The van der Waals surface area contributed by atoms with Crippen molar-refractivity contribution in [1.82, 2.24) is 5.32 Å². The monoisotopic (exact) mass is 208 g/mol. The molecule has 1 atom stereocenters. The Labute approximate surface area is 91.6 Å². The molecule has 0 spiro atoms. The number of benzene rings is 1. The Morgan fingerprint density at radius 1 is 1.33 bits per heavy atom. The molecule has 1 unspecified atom stereocenters. The molecule has 3 heteroatoms. The molecule has 1 rings (SSSR count). The van der Waals surface area contributed by atoms with E-state index >= 15 is 0 Å². The summed E-state index contributed by atoms with van der Waals surface area (Å²) in [6, 6.07) is 10.6. The molecule has 0 bridgehead atoms. The van der Waals surface area contributed by atoms with E-state index < -0.39 is 0 Å². The minimum Gasteiger partial charge on any atom is -0.383 e. The number of hydrogen-bond acceptors (Lipinski definition) is 3. The predicted octanol–water partition coefficient (Wildman–Crippen LogP) is 1.31. The molecule has 0 aromatic heterocycles. The first-order chi connectivity index (χ1) is 7.38. The van der Waals surface area contributed by atoms with E-state index in [1.807, 2.05) is 18.2 Å². The third kappa shape index (κ3) is 4.42. The van der Waals surface area contributed by atoms with Crippen LogP contribution in [0.5, 0.6) is 0 Å². The fraction of sp³-hybridized carbons (Fsp3) is 0.500. The highest BCUT2D eigenvalue weighted by atomic mass is 16.5. The lowest BCUT2D eigenvalue weighted by Gasteiger charge is -2.18. The maximum Gasteiger partial charge on any atom is 0.0657 e. The van der Waals surface area contributed by atoms with E-state index in [0.717, 1.165) is 19.5 Å². The van der Waals surface area contributed by atoms with Gasteiger partial charge in [-0.25, -0.2) is 0 Å². The van der Waals surface area contributed by atoms with Crippen LogP contribution in [-0.4, -0.2) is 26.8 Å². The molecule has 1 aromatic carbocycles. The number of ether oxygens (including phenoxy) is 1. The van der Waals surface area contributed by atoms with Crippen molar-refractivity contribution in [1.29, 1.82) is 0 Å². The van der Waals surface area contributed by atoms with Gasteiger partial charge in [0, 0.05) is 7.11 Å². The minimum absolute atomic E-state index is 0.266. The number of hydrogen-bond donors (Lipinski definition) is 2. The van der Waals surface area contributed by atoms with Crippen molar-refractivity contribution in [2.24, 2.45) is 5.73 Å². The smallest absolute Gasteiger partial charge is 0.0657 e. The Hall–Kier alpha value is -0.900. The van der Waals surface area contributed by atoms with Gasteiger partial charge >= 0.3 is 0 Å². The maximum atomic E-state index is 5.46. The lowest BCUT2D eigenvalue weighted by atomic mass is 10.1. The fourth-order valence-electron chi connectivity index (χ4n) is 1.50. The second kappa shape index (κ2) is 7.40. The first kappa shape index (κ1) is 12.2. The number of nitrogens with two attached hydrogens (primary N) is 1. The van der Waals surface area contributed by atoms with Crippen LogP contribution in [0, 0.1) is 0 Å². The van der Waals surface area contributed by atoms with E-state index in [1.54, 1.807) is 7.11 Å². The summed E-state index contributed by atoms with van der Waals surface area (Å²) in [6.45, 7) is 2.34.